The summed E-state index contributed by atoms with van der Waals surface area (Å²) in [6, 6.07) is 14.4. The lowest BCUT2D eigenvalue weighted by Crippen LogP contribution is -2.26. The molecule has 0 atom stereocenters. The largest absolute Gasteiger partial charge is 0.497 e. The van der Waals surface area contributed by atoms with E-state index in [0.29, 0.717) is 30.8 Å². The summed E-state index contributed by atoms with van der Waals surface area (Å²) in [5, 5.41) is 2.88. The minimum Gasteiger partial charge on any atom is -0.497 e. The Hall–Kier alpha value is -2.54. The minimum absolute atomic E-state index is 0.172. The molecule has 0 unspecified atom stereocenters. The maximum Gasteiger partial charge on any atom is 0.251 e. The zero-order chi connectivity index (χ0) is 18.6. The number of carbonyl (C=O) groups excluding carboxylic acids is 1. The summed E-state index contributed by atoms with van der Waals surface area (Å²) >= 11 is 0. The van der Waals surface area contributed by atoms with Crippen LogP contribution < -0.4 is 14.4 Å². The van der Waals surface area contributed by atoms with Crippen molar-refractivity contribution < 1.29 is 17.9 Å². The van der Waals surface area contributed by atoms with Crippen molar-refractivity contribution in [3.05, 3.63) is 59.7 Å². The molecule has 138 valence electrons. The van der Waals surface area contributed by atoms with Crippen LogP contribution in [-0.4, -0.2) is 40.3 Å². The molecule has 0 radical (unpaired) electrons. The first-order chi connectivity index (χ1) is 12.5. The fraction of sp³-hybridized carbons (Fsp3) is 0.316. The van der Waals surface area contributed by atoms with Gasteiger partial charge >= 0.3 is 0 Å². The van der Waals surface area contributed by atoms with E-state index < -0.39 is 10.0 Å². The molecule has 1 aliphatic rings. The first kappa shape index (κ1) is 18.3. The van der Waals surface area contributed by atoms with Gasteiger partial charge in [-0.15, -0.1) is 0 Å². The van der Waals surface area contributed by atoms with E-state index in [4.69, 9.17) is 4.74 Å². The van der Waals surface area contributed by atoms with Crippen molar-refractivity contribution in [2.75, 3.05) is 30.3 Å². The quantitative estimate of drug-likeness (QED) is 0.841. The van der Waals surface area contributed by atoms with Crippen LogP contribution in [0, 0.1) is 0 Å². The number of sulfonamides is 1. The Morgan fingerprint density at radius 1 is 1.12 bits per heavy atom. The third-order valence-electron chi connectivity index (χ3n) is 4.38. The summed E-state index contributed by atoms with van der Waals surface area (Å²) in [4.78, 5) is 12.2. The van der Waals surface area contributed by atoms with E-state index in [9.17, 15) is 13.2 Å². The number of methoxy groups -OCH3 is 1. The monoisotopic (exact) mass is 374 g/mol. The fourth-order valence-corrected chi connectivity index (χ4v) is 4.49. The molecule has 0 aromatic heterocycles. The molecule has 0 aliphatic carbocycles. The van der Waals surface area contributed by atoms with Crippen molar-refractivity contribution in [1.29, 1.82) is 0 Å². The number of hydrogen-bond donors (Lipinski definition) is 1. The molecule has 1 aliphatic heterocycles. The summed E-state index contributed by atoms with van der Waals surface area (Å²) in [5.41, 5.74) is 2.23. The highest BCUT2D eigenvalue weighted by Crippen LogP contribution is 2.24. The summed E-state index contributed by atoms with van der Waals surface area (Å²) in [7, 11) is -1.57. The Morgan fingerprint density at radius 2 is 1.81 bits per heavy atom. The highest BCUT2D eigenvalue weighted by atomic mass is 32.2. The van der Waals surface area contributed by atoms with E-state index in [2.05, 4.69) is 5.32 Å². The second-order valence-electron chi connectivity index (χ2n) is 6.14. The second-order valence-corrected chi connectivity index (χ2v) is 8.16. The third-order valence-corrected chi connectivity index (χ3v) is 6.24. The summed E-state index contributed by atoms with van der Waals surface area (Å²) in [6.07, 6.45) is 1.36. The molecule has 0 saturated carbocycles. The van der Waals surface area contributed by atoms with Crippen molar-refractivity contribution in [2.24, 2.45) is 0 Å². The molecule has 0 bridgehead atoms. The van der Waals surface area contributed by atoms with Crippen LogP contribution in [0.25, 0.3) is 0 Å². The molecule has 1 fully saturated rings. The Balaban J connectivity index is 1.54. The molecule has 1 N–H and O–H groups in total. The highest BCUT2D eigenvalue weighted by Gasteiger charge is 2.28. The van der Waals surface area contributed by atoms with E-state index >= 15 is 0 Å². The van der Waals surface area contributed by atoms with E-state index in [0.717, 1.165) is 17.7 Å². The van der Waals surface area contributed by atoms with Gasteiger partial charge in [-0.2, -0.15) is 0 Å². The second kappa shape index (κ2) is 7.78. The van der Waals surface area contributed by atoms with Gasteiger partial charge in [0.1, 0.15) is 5.75 Å². The molecule has 0 spiro atoms. The first-order valence-electron chi connectivity index (χ1n) is 8.51. The molecule has 6 nitrogen and oxygen atoms in total. The number of rotatable bonds is 6. The molecule has 1 saturated heterocycles. The number of benzene rings is 2. The van der Waals surface area contributed by atoms with Crippen molar-refractivity contribution in [1.82, 2.24) is 5.32 Å². The van der Waals surface area contributed by atoms with E-state index in [1.165, 1.54) is 4.31 Å². The van der Waals surface area contributed by atoms with Gasteiger partial charge in [-0.25, -0.2) is 8.42 Å². The van der Waals surface area contributed by atoms with Gasteiger partial charge < -0.3 is 10.1 Å². The lowest BCUT2D eigenvalue weighted by molar-refractivity contribution is 0.0954. The predicted molar refractivity (Wildman–Crippen MR) is 101 cm³/mol. The number of hydrogen-bond acceptors (Lipinski definition) is 4. The molecule has 3 rings (SSSR count). The van der Waals surface area contributed by atoms with E-state index in [1.54, 1.807) is 31.4 Å². The summed E-state index contributed by atoms with van der Waals surface area (Å²) in [5.74, 6) is 0.813. The van der Waals surface area contributed by atoms with Gasteiger partial charge in [0.05, 0.1) is 18.6 Å². The van der Waals surface area contributed by atoms with Crippen LogP contribution >= 0.6 is 0 Å². The molecule has 7 heteroatoms. The number of nitrogens with zero attached hydrogens (tertiary/aromatic N) is 1. The van der Waals surface area contributed by atoms with Gasteiger partial charge in [0, 0.05) is 18.7 Å². The van der Waals surface area contributed by atoms with Crippen LogP contribution in [0.3, 0.4) is 0 Å². The standard InChI is InChI=1S/C19H22N2O4S/c1-25-18-9-3-15(4-10-18)11-12-20-19(22)16-5-7-17(8-6-16)21-13-2-14-26(21,23)24/h3-10H,2,11-14H2,1H3,(H,20,22). The van der Waals surface area contributed by atoms with Crippen LogP contribution in [0.5, 0.6) is 5.75 Å². The van der Waals surface area contributed by atoms with Crippen molar-refractivity contribution in [3.63, 3.8) is 0 Å². The highest BCUT2D eigenvalue weighted by molar-refractivity contribution is 7.93. The fourth-order valence-electron chi connectivity index (χ4n) is 2.92. The van der Waals surface area contributed by atoms with E-state index in [1.807, 2.05) is 24.3 Å². The average Bonchev–Trinajstić information content (AvgIpc) is 3.01. The van der Waals surface area contributed by atoms with Gasteiger partial charge in [0.15, 0.2) is 0 Å². The molecule has 26 heavy (non-hydrogen) atoms. The molecule has 1 heterocycles. The number of carbonyl (C=O) groups is 1. The molecular weight excluding hydrogens is 352 g/mol. The number of ether oxygens (including phenoxy) is 1. The topological polar surface area (TPSA) is 75.7 Å². The molecule has 2 aromatic rings. The maximum atomic E-state index is 12.2. The van der Waals surface area contributed by atoms with Crippen LogP contribution in [0.15, 0.2) is 48.5 Å². The number of anilines is 1. The molecule has 2 aromatic carbocycles. The SMILES string of the molecule is COc1ccc(CCNC(=O)c2ccc(N3CCCS3(=O)=O)cc2)cc1. The van der Waals surface area contributed by atoms with E-state index in [-0.39, 0.29) is 11.7 Å². The minimum atomic E-state index is -3.20. The van der Waals surface area contributed by atoms with Gasteiger partial charge in [-0.3, -0.25) is 9.10 Å². The Labute approximate surface area is 153 Å². The number of nitrogens with one attached hydrogen (secondary N) is 1. The lowest BCUT2D eigenvalue weighted by atomic mass is 10.1. The van der Waals surface area contributed by atoms with Crippen molar-refractivity contribution in [2.45, 2.75) is 12.8 Å². The lowest BCUT2D eigenvalue weighted by Gasteiger charge is -2.17. The molecular formula is C19H22N2O4S. The maximum absolute atomic E-state index is 12.2. The smallest absolute Gasteiger partial charge is 0.251 e. The first-order valence-corrected chi connectivity index (χ1v) is 10.1. The zero-order valence-electron chi connectivity index (χ0n) is 14.6. The predicted octanol–water partition coefficient (Wildman–Crippen LogP) is 2.21. The Morgan fingerprint density at radius 3 is 2.38 bits per heavy atom. The van der Waals surface area contributed by atoms with Gasteiger partial charge in [-0.05, 0) is 54.8 Å². The Kier molecular flexibility index (Phi) is 5.46. The van der Waals surface area contributed by atoms with Gasteiger partial charge in [0.25, 0.3) is 5.91 Å². The normalized spacial score (nSPS) is 15.7. The van der Waals surface area contributed by atoms with Crippen molar-refractivity contribution in [3.8, 4) is 5.75 Å². The van der Waals surface area contributed by atoms with Crippen LogP contribution in [0.1, 0.15) is 22.3 Å². The summed E-state index contributed by atoms with van der Waals surface area (Å²) < 4.78 is 30.4. The third kappa shape index (κ3) is 4.16. The van der Waals surface area contributed by atoms with Gasteiger partial charge in [0.2, 0.25) is 10.0 Å². The van der Waals surface area contributed by atoms with Gasteiger partial charge in [-0.1, -0.05) is 12.1 Å². The Bertz CT molecular complexity index is 861. The van der Waals surface area contributed by atoms with Crippen LogP contribution in [0.2, 0.25) is 0 Å². The summed E-state index contributed by atoms with van der Waals surface area (Å²) in [6.45, 7) is 1.02. The van der Waals surface area contributed by atoms with Crippen LogP contribution in [0.4, 0.5) is 5.69 Å². The zero-order valence-corrected chi connectivity index (χ0v) is 15.5. The average molecular weight is 374 g/mol. The van der Waals surface area contributed by atoms with Crippen LogP contribution in [-0.2, 0) is 16.4 Å². The number of amides is 1. The van der Waals surface area contributed by atoms with Crippen molar-refractivity contribution >= 4 is 21.6 Å². The molecule has 1 amide bonds.